The minimum atomic E-state index is -0.601. The SMILES string of the molecule is CCOC(=O)c1c(=O)n2cccnc2c2c(C)cccc12. The van der Waals surface area contributed by atoms with Crippen molar-refractivity contribution in [2.75, 3.05) is 6.61 Å². The number of pyridine rings is 1. The Morgan fingerprint density at radius 3 is 2.90 bits per heavy atom. The van der Waals surface area contributed by atoms with Gasteiger partial charge in [-0.3, -0.25) is 9.20 Å². The number of nitrogens with zero attached hydrogens (tertiary/aromatic N) is 2. The van der Waals surface area contributed by atoms with Crippen LogP contribution in [-0.4, -0.2) is 22.0 Å². The van der Waals surface area contributed by atoms with Crippen molar-refractivity contribution in [3.63, 3.8) is 0 Å². The fraction of sp³-hybridized carbons (Fsp3) is 0.188. The Hall–Kier alpha value is -2.69. The van der Waals surface area contributed by atoms with Crippen molar-refractivity contribution >= 4 is 22.4 Å². The van der Waals surface area contributed by atoms with Crippen LogP contribution in [-0.2, 0) is 4.74 Å². The van der Waals surface area contributed by atoms with Gasteiger partial charge >= 0.3 is 5.97 Å². The lowest BCUT2D eigenvalue weighted by molar-refractivity contribution is 0.0526. The first kappa shape index (κ1) is 13.3. The van der Waals surface area contributed by atoms with E-state index in [9.17, 15) is 9.59 Å². The van der Waals surface area contributed by atoms with E-state index in [0.29, 0.717) is 11.0 Å². The highest BCUT2D eigenvalue weighted by Gasteiger charge is 2.20. The van der Waals surface area contributed by atoms with Crippen molar-refractivity contribution in [3.8, 4) is 0 Å². The summed E-state index contributed by atoms with van der Waals surface area (Å²) >= 11 is 0. The van der Waals surface area contributed by atoms with Gasteiger partial charge in [0.1, 0.15) is 11.2 Å². The molecule has 3 rings (SSSR count). The van der Waals surface area contributed by atoms with E-state index in [-0.39, 0.29) is 12.2 Å². The number of aryl methyl sites for hydroxylation is 1. The fourth-order valence-electron chi connectivity index (χ4n) is 2.53. The highest BCUT2D eigenvalue weighted by Crippen LogP contribution is 2.23. The van der Waals surface area contributed by atoms with Crippen LogP contribution in [0.1, 0.15) is 22.8 Å². The van der Waals surface area contributed by atoms with E-state index in [1.807, 2.05) is 19.1 Å². The number of hydrogen-bond donors (Lipinski definition) is 0. The predicted molar refractivity (Wildman–Crippen MR) is 79.7 cm³/mol. The van der Waals surface area contributed by atoms with Crippen LogP contribution in [0.5, 0.6) is 0 Å². The molecule has 0 atom stereocenters. The molecule has 0 fully saturated rings. The van der Waals surface area contributed by atoms with E-state index in [1.54, 1.807) is 31.5 Å². The van der Waals surface area contributed by atoms with Gasteiger partial charge in [-0.15, -0.1) is 0 Å². The van der Waals surface area contributed by atoms with Gasteiger partial charge in [-0.1, -0.05) is 18.2 Å². The lowest BCUT2D eigenvalue weighted by atomic mass is 10.0. The Morgan fingerprint density at radius 1 is 1.33 bits per heavy atom. The van der Waals surface area contributed by atoms with Crippen molar-refractivity contribution in [3.05, 3.63) is 58.1 Å². The summed E-state index contributed by atoms with van der Waals surface area (Å²) in [7, 11) is 0. The van der Waals surface area contributed by atoms with Gasteiger partial charge < -0.3 is 4.74 Å². The predicted octanol–water partition coefficient (Wildman–Crippen LogP) is 2.33. The monoisotopic (exact) mass is 282 g/mol. The van der Waals surface area contributed by atoms with Crippen molar-refractivity contribution in [2.45, 2.75) is 13.8 Å². The summed E-state index contributed by atoms with van der Waals surface area (Å²) in [5.41, 5.74) is 1.15. The third kappa shape index (κ3) is 1.98. The molecular weight excluding hydrogens is 268 g/mol. The molecule has 2 heterocycles. The topological polar surface area (TPSA) is 60.7 Å². The van der Waals surface area contributed by atoms with E-state index in [0.717, 1.165) is 10.9 Å². The third-order valence-electron chi connectivity index (χ3n) is 3.42. The summed E-state index contributed by atoms with van der Waals surface area (Å²) < 4.78 is 6.42. The van der Waals surface area contributed by atoms with Crippen LogP contribution in [0.3, 0.4) is 0 Å². The lowest BCUT2D eigenvalue weighted by Crippen LogP contribution is -2.24. The van der Waals surface area contributed by atoms with Gasteiger partial charge in [-0.25, -0.2) is 9.78 Å². The Kier molecular flexibility index (Phi) is 3.17. The minimum Gasteiger partial charge on any atom is -0.462 e. The zero-order chi connectivity index (χ0) is 15.0. The maximum Gasteiger partial charge on any atom is 0.344 e. The van der Waals surface area contributed by atoms with Crippen LogP contribution >= 0.6 is 0 Å². The van der Waals surface area contributed by atoms with Crippen molar-refractivity contribution in [1.82, 2.24) is 9.38 Å². The van der Waals surface area contributed by atoms with E-state index in [1.165, 1.54) is 4.40 Å². The number of fused-ring (bicyclic) bond motifs is 3. The summed E-state index contributed by atoms with van der Waals surface area (Å²) in [6.45, 7) is 3.86. The van der Waals surface area contributed by atoms with Crippen LogP contribution in [0.25, 0.3) is 16.4 Å². The second-order valence-corrected chi connectivity index (χ2v) is 4.71. The Balaban J connectivity index is 2.56. The zero-order valence-electron chi connectivity index (χ0n) is 11.8. The maximum absolute atomic E-state index is 12.6. The largest absolute Gasteiger partial charge is 0.462 e. The fourth-order valence-corrected chi connectivity index (χ4v) is 2.53. The first-order valence-electron chi connectivity index (χ1n) is 6.71. The molecule has 0 bridgehead atoms. The normalized spacial score (nSPS) is 11.0. The number of benzene rings is 1. The van der Waals surface area contributed by atoms with E-state index < -0.39 is 11.5 Å². The molecule has 0 aliphatic rings. The highest BCUT2D eigenvalue weighted by molar-refractivity contribution is 6.09. The summed E-state index contributed by atoms with van der Waals surface area (Å²) in [5.74, 6) is -0.601. The smallest absolute Gasteiger partial charge is 0.344 e. The molecule has 0 aliphatic heterocycles. The maximum atomic E-state index is 12.6. The average molecular weight is 282 g/mol. The summed E-state index contributed by atoms with van der Waals surface area (Å²) in [6, 6.07) is 7.16. The third-order valence-corrected chi connectivity index (χ3v) is 3.42. The van der Waals surface area contributed by atoms with Gasteiger partial charge in [0, 0.05) is 23.2 Å². The summed E-state index contributed by atoms with van der Waals surface area (Å²) in [4.78, 5) is 29.1. The van der Waals surface area contributed by atoms with Gasteiger partial charge in [0.2, 0.25) is 0 Å². The number of rotatable bonds is 2. The molecule has 0 radical (unpaired) electrons. The average Bonchev–Trinajstić information content (AvgIpc) is 2.48. The molecule has 0 unspecified atom stereocenters. The van der Waals surface area contributed by atoms with Crippen molar-refractivity contribution < 1.29 is 9.53 Å². The second kappa shape index (κ2) is 5.01. The zero-order valence-corrected chi connectivity index (χ0v) is 11.8. The van der Waals surface area contributed by atoms with E-state index in [2.05, 4.69) is 4.98 Å². The lowest BCUT2D eigenvalue weighted by Gasteiger charge is -2.11. The summed E-state index contributed by atoms with van der Waals surface area (Å²) in [6.07, 6.45) is 3.24. The number of aromatic nitrogens is 2. The number of ether oxygens (including phenoxy) is 1. The van der Waals surface area contributed by atoms with Gasteiger partial charge in [-0.2, -0.15) is 0 Å². The Bertz CT molecular complexity index is 912. The van der Waals surface area contributed by atoms with Crippen LogP contribution in [0.2, 0.25) is 0 Å². The highest BCUT2D eigenvalue weighted by atomic mass is 16.5. The molecule has 5 heteroatoms. The molecule has 3 aromatic rings. The molecule has 0 saturated carbocycles. The van der Waals surface area contributed by atoms with E-state index in [4.69, 9.17) is 4.74 Å². The Morgan fingerprint density at radius 2 is 2.14 bits per heavy atom. The molecule has 5 nitrogen and oxygen atoms in total. The molecule has 21 heavy (non-hydrogen) atoms. The molecule has 0 saturated heterocycles. The molecule has 0 spiro atoms. The summed E-state index contributed by atoms with van der Waals surface area (Å²) in [5, 5.41) is 1.37. The number of hydrogen-bond acceptors (Lipinski definition) is 4. The molecule has 0 N–H and O–H groups in total. The van der Waals surface area contributed by atoms with Gasteiger partial charge in [-0.05, 0) is 25.5 Å². The molecular formula is C16H14N2O3. The minimum absolute atomic E-state index is 0.0565. The number of carbonyl (C=O) groups excluding carboxylic acids is 1. The second-order valence-electron chi connectivity index (χ2n) is 4.71. The first-order chi connectivity index (χ1) is 10.1. The van der Waals surface area contributed by atoms with Crippen LogP contribution < -0.4 is 5.56 Å². The van der Waals surface area contributed by atoms with Crippen LogP contribution in [0.15, 0.2) is 41.5 Å². The van der Waals surface area contributed by atoms with Crippen molar-refractivity contribution in [1.29, 1.82) is 0 Å². The van der Waals surface area contributed by atoms with E-state index >= 15 is 0 Å². The quantitative estimate of drug-likeness (QED) is 0.534. The molecule has 106 valence electrons. The molecule has 0 amide bonds. The van der Waals surface area contributed by atoms with Crippen LogP contribution in [0.4, 0.5) is 0 Å². The molecule has 1 aromatic carbocycles. The number of carbonyl (C=O) groups is 1. The molecule has 2 aromatic heterocycles. The van der Waals surface area contributed by atoms with Crippen molar-refractivity contribution in [2.24, 2.45) is 0 Å². The molecule has 0 aliphatic carbocycles. The van der Waals surface area contributed by atoms with Gasteiger partial charge in [0.25, 0.3) is 5.56 Å². The van der Waals surface area contributed by atoms with Crippen LogP contribution in [0, 0.1) is 6.92 Å². The number of esters is 1. The standard InChI is InChI=1S/C16H14N2O3/c1-3-21-16(20)13-11-7-4-6-10(2)12(11)14-17-8-5-9-18(14)15(13)19/h4-9H,3H2,1-2H3. The van der Waals surface area contributed by atoms with Gasteiger partial charge in [0.15, 0.2) is 0 Å². The Labute approximate surface area is 120 Å². The first-order valence-corrected chi connectivity index (χ1v) is 6.71. The van der Waals surface area contributed by atoms with Gasteiger partial charge in [0.05, 0.1) is 6.61 Å².